The number of para-hydroxylation sites is 1. The fourth-order valence-corrected chi connectivity index (χ4v) is 3.26. The van der Waals surface area contributed by atoms with Crippen LogP contribution in [0, 0.1) is 0 Å². The lowest BCUT2D eigenvalue weighted by molar-refractivity contribution is -0.136. The van der Waals surface area contributed by atoms with Gasteiger partial charge in [0.25, 0.3) is 5.91 Å². The number of benzene rings is 2. The zero-order valence-electron chi connectivity index (χ0n) is 18.1. The molecule has 1 aliphatic rings. The normalized spacial score (nSPS) is 13.8. The van der Waals surface area contributed by atoms with Crippen molar-refractivity contribution in [2.75, 3.05) is 51.8 Å². The Bertz CT molecular complexity index is 943. The number of carbonyl (C=O) groups is 3. The summed E-state index contributed by atoms with van der Waals surface area (Å²) in [5, 5.41) is 7.96. The number of amides is 3. The van der Waals surface area contributed by atoms with Crippen molar-refractivity contribution in [3.63, 3.8) is 0 Å². The number of nitrogens with zero attached hydrogens (tertiary/aromatic N) is 1. The molecule has 1 aliphatic heterocycles. The van der Waals surface area contributed by atoms with Crippen molar-refractivity contribution >= 4 is 23.4 Å². The SMILES string of the molecule is COc1cccc(CNC(=O)c2ccccc2NC(=O)C(=O)NCCN2CCOCC2)c1. The van der Waals surface area contributed by atoms with Crippen LogP contribution in [-0.2, 0) is 20.9 Å². The highest BCUT2D eigenvalue weighted by Crippen LogP contribution is 2.16. The molecule has 0 aliphatic carbocycles. The average molecular weight is 441 g/mol. The molecular weight excluding hydrogens is 412 g/mol. The van der Waals surface area contributed by atoms with E-state index in [0.717, 1.165) is 18.7 Å². The summed E-state index contributed by atoms with van der Waals surface area (Å²) in [6.45, 7) is 4.25. The number of carbonyl (C=O) groups excluding carboxylic acids is 3. The Hall–Kier alpha value is -3.43. The first kappa shape index (κ1) is 23.2. The number of hydrogen-bond donors (Lipinski definition) is 3. The van der Waals surface area contributed by atoms with Crippen molar-refractivity contribution in [3.05, 3.63) is 59.7 Å². The van der Waals surface area contributed by atoms with Gasteiger partial charge in [-0.1, -0.05) is 24.3 Å². The molecular formula is C23H28N4O5. The second-order valence-corrected chi connectivity index (χ2v) is 7.24. The molecule has 0 radical (unpaired) electrons. The summed E-state index contributed by atoms with van der Waals surface area (Å²) >= 11 is 0. The van der Waals surface area contributed by atoms with Crippen LogP contribution < -0.4 is 20.7 Å². The third-order valence-electron chi connectivity index (χ3n) is 5.03. The van der Waals surface area contributed by atoms with Crippen LogP contribution in [0.3, 0.4) is 0 Å². The molecule has 1 fully saturated rings. The fourth-order valence-electron chi connectivity index (χ4n) is 3.26. The lowest BCUT2D eigenvalue weighted by Gasteiger charge is -2.26. The van der Waals surface area contributed by atoms with Crippen LogP contribution in [-0.4, -0.2) is 69.1 Å². The van der Waals surface area contributed by atoms with Crippen LogP contribution >= 0.6 is 0 Å². The van der Waals surface area contributed by atoms with E-state index < -0.39 is 11.8 Å². The first-order valence-corrected chi connectivity index (χ1v) is 10.5. The summed E-state index contributed by atoms with van der Waals surface area (Å²) < 4.78 is 10.5. The fraction of sp³-hybridized carbons (Fsp3) is 0.348. The van der Waals surface area contributed by atoms with Crippen LogP contribution in [0.15, 0.2) is 48.5 Å². The van der Waals surface area contributed by atoms with Crippen LogP contribution in [0.2, 0.25) is 0 Å². The van der Waals surface area contributed by atoms with E-state index in [4.69, 9.17) is 9.47 Å². The minimum Gasteiger partial charge on any atom is -0.497 e. The molecule has 0 atom stereocenters. The summed E-state index contributed by atoms with van der Waals surface area (Å²) in [4.78, 5) is 39.3. The highest BCUT2D eigenvalue weighted by Gasteiger charge is 2.18. The number of nitrogens with one attached hydrogen (secondary N) is 3. The van der Waals surface area contributed by atoms with Gasteiger partial charge >= 0.3 is 11.8 Å². The Balaban J connectivity index is 1.52. The van der Waals surface area contributed by atoms with Gasteiger partial charge in [-0.3, -0.25) is 19.3 Å². The zero-order chi connectivity index (χ0) is 22.8. The van der Waals surface area contributed by atoms with E-state index in [9.17, 15) is 14.4 Å². The maximum atomic E-state index is 12.7. The second-order valence-electron chi connectivity index (χ2n) is 7.24. The topological polar surface area (TPSA) is 109 Å². The van der Waals surface area contributed by atoms with E-state index in [1.54, 1.807) is 31.4 Å². The average Bonchev–Trinajstić information content (AvgIpc) is 2.83. The molecule has 3 N–H and O–H groups in total. The summed E-state index contributed by atoms with van der Waals surface area (Å²) in [5.41, 5.74) is 1.41. The van der Waals surface area contributed by atoms with Crippen molar-refractivity contribution < 1.29 is 23.9 Å². The van der Waals surface area contributed by atoms with Crippen molar-refractivity contribution in [3.8, 4) is 5.75 Å². The molecule has 32 heavy (non-hydrogen) atoms. The third-order valence-corrected chi connectivity index (χ3v) is 5.03. The molecule has 2 aromatic carbocycles. The van der Waals surface area contributed by atoms with Gasteiger partial charge in [-0.15, -0.1) is 0 Å². The molecule has 3 rings (SSSR count). The quantitative estimate of drug-likeness (QED) is 0.529. The van der Waals surface area contributed by atoms with Gasteiger partial charge < -0.3 is 25.4 Å². The van der Waals surface area contributed by atoms with Crippen molar-refractivity contribution in [1.82, 2.24) is 15.5 Å². The van der Waals surface area contributed by atoms with E-state index in [2.05, 4.69) is 20.9 Å². The maximum Gasteiger partial charge on any atom is 0.313 e. The number of rotatable bonds is 8. The second kappa shape index (κ2) is 11.8. The van der Waals surface area contributed by atoms with E-state index in [1.165, 1.54) is 0 Å². The van der Waals surface area contributed by atoms with Gasteiger partial charge in [-0.2, -0.15) is 0 Å². The van der Waals surface area contributed by atoms with Gasteiger partial charge in [0.05, 0.1) is 31.6 Å². The predicted octanol–water partition coefficient (Wildman–Crippen LogP) is 1.01. The van der Waals surface area contributed by atoms with Gasteiger partial charge in [0.2, 0.25) is 0 Å². The summed E-state index contributed by atoms with van der Waals surface area (Å²) in [5.74, 6) is -1.23. The molecule has 0 saturated carbocycles. The molecule has 9 nitrogen and oxygen atoms in total. The van der Waals surface area contributed by atoms with E-state index >= 15 is 0 Å². The highest BCUT2D eigenvalue weighted by atomic mass is 16.5. The van der Waals surface area contributed by atoms with E-state index in [1.807, 2.05) is 24.3 Å². The van der Waals surface area contributed by atoms with Gasteiger partial charge in [-0.05, 0) is 29.8 Å². The first-order chi connectivity index (χ1) is 15.6. The summed E-state index contributed by atoms with van der Waals surface area (Å²) in [7, 11) is 1.58. The number of methoxy groups -OCH3 is 1. The molecule has 1 saturated heterocycles. The van der Waals surface area contributed by atoms with Gasteiger partial charge in [-0.25, -0.2) is 0 Å². The smallest absolute Gasteiger partial charge is 0.313 e. The van der Waals surface area contributed by atoms with Crippen LogP contribution in [0.5, 0.6) is 5.75 Å². The number of ether oxygens (including phenoxy) is 2. The summed E-state index contributed by atoms with van der Waals surface area (Å²) in [6, 6.07) is 13.9. The Labute approximate surface area is 187 Å². The monoisotopic (exact) mass is 440 g/mol. The molecule has 170 valence electrons. The Morgan fingerprint density at radius 2 is 1.78 bits per heavy atom. The number of anilines is 1. The first-order valence-electron chi connectivity index (χ1n) is 10.5. The van der Waals surface area contributed by atoms with Crippen LogP contribution in [0.1, 0.15) is 15.9 Å². The standard InChI is InChI=1S/C23H28N4O5/c1-31-18-6-4-5-17(15-18)16-25-21(28)19-7-2-3-8-20(19)26-23(30)22(29)24-9-10-27-11-13-32-14-12-27/h2-8,15H,9-14,16H2,1H3,(H,24,29)(H,25,28)(H,26,30). The molecule has 0 aromatic heterocycles. The van der Waals surface area contributed by atoms with Gasteiger partial charge in [0, 0.05) is 32.7 Å². The van der Waals surface area contributed by atoms with Gasteiger partial charge in [0.1, 0.15) is 5.75 Å². The molecule has 0 unspecified atom stereocenters. The Kier molecular flexibility index (Phi) is 8.59. The van der Waals surface area contributed by atoms with Crippen molar-refractivity contribution in [2.24, 2.45) is 0 Å². The van der Waals surface area contributed by atoms with Crippen LogP contribution in [0.25, 0.3) is 0 Å². The molecule has 0 spiro atoms. The lowest BCUT2D eigenvalue weighted by atomic mass is 10.1. The molecule has 2 aromatic rings. The third kappa shape index (κ3) is 6.79. The van der Waals surface area contributed by atoms with Gasteiger partial charge in [0.15, 0.2) is 0 Å². The van der Waals surface area contributed by atoms with Crippen LogP contribution in [0.4, 0.5) is 5.69 Å². The van der Waals surface area contributed by atoms with Crippen molar-refractivity contribution in [2.45, 2.75) is 6.54 Å². The van der Waals surface area contributed by atoms with E-state index in [-0.39, 0.29) is 17.2 Å². The van der Waals surface area contributed by atoms with Crippen molar-refractivity contribution in [1.29, 1.82) is 0 Å². The molecule has 0 bridgehead atoms. The Morgan fingerprint density at radius 3 is 2.56 bits per heavy atom. The minimum absolute atomic E-state index is 0.268. The zero-order valence-corrected chi connectivity index (χ0v) is 18.1. The number of hydrogen-bond acceptors (Lipinski definition) is 6. The largest absolute Gasteiger partial charge is 0.497 e. The molecule has 3 amide bonds. The highest BCUT2D eigenvalue weighted by molar-refractivity contribution is 6.40. The minimum atomic E-state index is -0.819. The predicted molar refractivity (Wildman–Crippen MR) is 120 cm³/mol. The lowest BCUT2D eigenvalue weighted by Crippen LogP contribution is -2.43. The molecule has 9 heteroatoms. The summed E-state index contributed by atoms with van der Waals surface area (Å²) in [6.07, 6.45) is 0. The maximum absolute atomic E-state index is 12.7. The Morgan fingerprint density at radius 1 is 1.00 bits per heavy atom. The number of morpholine rings is 1. The molecule has 1 heterocycles. The van der Waals surface area contributed by atoms with E-state index in [0.29, 0.717) is 38.6 Å².